The molecular formula is C85H166O17P2. The van der Waals surface area contributed by atoms with E-state index in [1.165, 1.54) is 283 Å². The molecule has 2 unspecified atom stereocenters. The zero-order chi connectivity index (χ0) is 76.2. The van der Waals surface area contributed by atoms with E-state index >= 15 is 0 Å². The second-order valence-electron chi connectivity index (χ2n) is 31.1. The number of aliphatic hydroxyl groups excluding tert-OH is 1. The second-order valence-corrected chi connectivity index (χ2v) is 34.0. The van der Waals surface area contributed by atoms with Crippen LogP contribution in [0.1, 0.15) is 458 Å². The molecule has 0 spiro atoms. The van der Waals surface area contributed by atoms with Crippen molar-refractivity contribution < 1.29 is 80.2 Å². The Balaban J connectivity index is 5.24. The highest BCUT2D eigenvalue weighted by Gasteiger charge is 2.30. The molecule has 618 valence electrons. The molecule has 0 amide bonds. The van der Waals surface area contributed by atoms with Gasteiger partial charge >= 0.3 is 39.5 Å². The van der Waals surface area contributed by atoms with Gasteiger partial charge in [-0.25, -0.2) is 9.13 Å². The van der Waals surface area contributed by atoms with Crippen molar-refractivity contribution in [1.82, 2.24) is 0 Å². The summed E-state index contributed by atoms with van der Waals surface area (Å²) in [7, 11) is -9.93. The lowest BCUT2D eigenvalue weighted by molar-refractivity contribution is -0.161. The smallest absolute Gasteiger partial charge is 0.462 e. The highest BCUT2D eigenvalue weighted by molar-refractivity contribution is 7.47. The van der Waals surface area contributed by atoms with Crippen LogP contribution in [0.25, 0.3) is 0 Å². The maximum absolute atomic E-state index is 13.1. The quantitative estimate of drug-likeness (QED) is 0.0222. The van der Waals surface area contributed by atoms with Gasteiger partial charge < -0.3 is 33.8 Å². The molecule has 0 aromatic carbocycles. The van der Waals surface area contributed by atoms with Crippen molar-refractivity contribution in [3.8, 4) is 0 Å². The van der Waals surface area contributed by atoms with Crippen molar-refractivity contribution >= 4 is 39.5 Å². The molecule has 0 aliphatic rings. The summed E-state index contributed by atoms with van der Waals surface area (Å²) in [5.74, 6) is -1.35. The summed E-state index contributed by atoms with van der Waals surface area (Å²) in [4.78, 5) is 73.2. The molecule has 0 aromatic heterocycles. The van der Waals surface area contributed by atoms with E-state index in [0.717, 1.165) is 95.8 Å². The Labute approximate surface area is 638 Å². The van der Waals surface area contributed by atoms with Gasteiger partial charge in [-0.2, -0.15) is 0 Å². The van der Waals surface area contributed by atoms with Crippen LogP contribution in [0, 0.1) is 5.92 Å². The number of esters is 4. The third kappa shape index (κ3) is 78.2. The van der Waals surface area contributed by atoms with Crippen molar-refractivity contribution in [2.75, 3.05) is 39.6 Å². The monoisotopic (exact) mass is 1520 g/mol. The number of rotatable bonds is 85. The van der Waals surface area contributed by atoms with Crippen LogP contribution >= 0.6 is 15.6 Å². The van der Waals surface area contributed by atoms with Crippen molar-refractivity contribution in [3.63, 3.8) is 0 Å². The van der Waals surface area contributed by atoms with Crippen LogP contribution in [0.15, 0.2) is 0 Å². The summed E-state index contributed by atoms with van der Waals surface area (Å²) in [5, 5.41) is 10.7. The highest BCUT2D eigenvalue weighted by Crippen LogP contribution is 2.45. The van der Waals surface area contributed by atoms with Gasteiger partial charge in [0.1, 0.15) is 19.3 Å². The van der Waals surface area contributed by atoms with E-state index in [9.17, 15) is 43.2 Å². The number of carbonyl (C=O) groups excluding carboxylic acids is 4. The summed E-state index contributed by atoms with van der Waals surface area (Å²) < 4.78 is 68.9. The zero-order valence-electron chi connectivity index (χ0n) is 68.2. The molecule has 0 aliphatic heterocycles. The van der Waals surface area contributed by atoms with E-state index < -0.39 is 97.5 Å². The maximum Gasteiger partial charge on any atom is 0.472 e. The molecule has 0 radical (unpaired) electrons. The van der Waals surface area contributed by atoms with Gasteiger partial charge in [0.2, 0.25) is 0 Å². The molecule has 0 saturated heterocycles. The lowest BCUT2D eigenvalue weighted by Gasteiger charge is -2.21. The lowest BCUT2D eigenvalue weighted by Crippen LogP contribution is -2.30. The Bertz CT molecular complexity index is 1980. The average molecular weight is 1520 g/mol. The summed E-state index contributed by atoms with van der Waals surface area (Å²) >= 11 is 0. The number of phosphoric acid groups is 2. The van der Waals surface area contributed by atoms with Gasteiger partial charge in [-0.3, -0.25) is 37.3 Å². The number of ether oxygens (including phenoxy) is 4. The van der Waals surface area contributed by atoms with E-state index in [-0.39, 0.29) is 25.7 Å². The molecule has 17 nitrogen and oxygen atoms in total. The molecular weight excluding hydrogens is 1350 g/mol. The Morgan fingerprint density at radius 3 is 0.654 bits per heavy atom. The average Bonchev–Trinajstić information content (AvgIpc) is 0.914. The topological polar surface area (TPSA) is 237 Å². The van der Waals surface area contributed by atoms with Crippen LogP contribution in [0.4, 0.5) is 0 Å². The van der Waals surface area contributed by atoms with Crippen molar-refractivity contribution in [2.24, 2.45) is 5.92 Å². The van der Waals surface area contributed by atoms with Crippen LogP contribution in [0.5, 0.6) is 0 Å². The van der Waals surface area contributed by atoms with Crippen LogP contribution in [0.3, 0.4) is 0 Å². The van der Waals surface area contributed by atoms with Crippen LogP contribution in [0.2, 0.25) is 0 Å². The molecule has 0 saturated carbocycles. The van der Waals surface area contributed by atoms with E-state index in [1.54, 1.807) is 0 Å². The number of hydrogen-bond acceptors (Lipinski definition) is 15. The van der Waals surface area contributed by atoms with E-state index in [4.69, 9.17) is 37.0 Å². The Kier molecular flexibility index (Phi) is 76.3. The first-order valence-corrected chi connectivity index (χ1v) is 47.1. The summed E-state index contributed by atoms with van der Waals surface area (Å²) in [6.45, 7) is 7.35. The Morgan fingerprint density at radius 1 is 0.260 bits per heavy atom. The Morgan fingerprint density at radius 2 is 0.442 bits per heavy atom. The molecule has 0 aromatic rings. The fourth-order valence-corrected chi connectivity index (χ4v) is 14.9. The molecule has 0 rings (SSSR count). The normalized spacial score (nSPS) is 13.8. The van der Waals surface area contributed by atoms with Gasteiger partial charge in [-0.05, 0) is 31.6 Å². The lowest BCUT2D eigenvalue weighted by atomic mass is 10.0. The summed E-state index contributed by atoms with van der Waals surface area (Å²) in [6.07, 6.45) is 70.8. The highest BCUT2D eigenvalue weighted by atomic mass is 31.2. The molecule has 19 heteroatoms. The predicted molar refractivity (Wildman–Crippen MR) is 428 cm³/mol. The fourth-order valence-electron chi connectivity index (χ4n) is 13.3. The third-order valence-electron chi connectivity index (χ3n) is 20.0. The minimum Gasteiger partial charge on any atom is -0.462 e. The van der Waals surface area contributed by atoms with Crippen LogP contribution < -0.4 is 0 Å². The number of phosphoric ester groups is 2. The largest absolute Gasteiger partial charge is 0.472 e. The van der Waals surface area contributed by atoms with Crippen LogP contribution in [-0.2, 0) is 65.4 Å². The van der Waals surface area contributed by atoms with E-state index in [1.807, 2.05) is 0 Å². The molecule has 3 N–H and O–H groups in total. The van der Waals surface area contributed by atoms with E-state index in [2.05, 4.69) is 34.6 Å². The molecule has 0 fully saturated rings. The van der Waals surface area contributed by atoms with Gasteiger partial charge in [0, 0.05) is 25.7 Å². The standard InChI is InChI=1S/C85H166O17P2/c1-6-9-12-15-18-21-24-27-29-31-33-34-36-38-41-44-50-55-60-65-70-84(89)101-80(74-96-83(88)69-64-59-54-49-43-40-37-35-32-30-28-25-22-19-16-13-10-7-2)76-99-103(91,92)97-72-79(86)73-98-104(93,94)100-77-81(102-85(90)71-66-61-56-51-46-45-47-52-57-62-67-78(4)5)75-95-82(87)68-63-58-53-48-42-39-26-23-20-17-14-11-8-3/h78-81,86H,6-77H2,1-5H3,(H,91,92)(H,93,94)/t79-,80-,81-/m1/s1. The van der Waals surface area contributed by atoms with Gasteiger partial charge in [0.15, 0.2) is 12.2 Å². The molecule has 0 aliphatic carbocycles. The minimum absolute atomic E-state index is 0.107. The Hall–Kier alpha value is -1.94. The maximum atomic E-state index is 13.1. The predicted octanol–water partition coefficient (Wildman–Crippen LogP) is 26.0. The van der Waals surface area contributed by atoms with Gasteiger partial charge in [0.05, 0.1) is 26.4 Å². The second kappa shape index (κ2) is 77.8. The number of carbonyl (C=O) groups is 4. The first kappa shape index (κ1) is 102. The first-order valence-electron chi connectivity index (χ1n) is 44.1. The SMILES string of the molecule is CCCCCCCCCCCCCCCCCCCCCCC(=O)O[C@H](COC(=O)CCCCCCCCCCCCCCCCCCCC)COP(=O)(O)OC[C@@H](O)COP(=O)(O)OC[C@@H](COC(=O)CCCCCCCCCCCCCCC)OC(=O)CCCCCCCCCCCCC(C)C. The van der Waals surface area contributed by atoms with Crippen molar-refractivity contribution in [3.05, 3.63) is 0 Å². The third-order valence-corrected chi connectivity index (χ3v) is 21.9. The first-order chi connectivity index (χ1) is 50.5. The summed E-state index contributed by atoms with van der Waals surface area (Å²) in [5.41, 5.74) is 0. The van der Waals surface area contributed by atoms with Gasteiger partial charge in [0.25, 0.3) is 0 Å². The number of hydrogen-bond donors (Lipinski definition) is 3. The molecule has 0 bridgehead atoms. The fraction of sp³-hybridized carbons (Fsp3) is 0.953. The van der Waals surface area contributed by atoms with Crippen LogP contribution in [-0.4, -0.2) is 96.7 Å². The van der Waals surface area contributed by atoms with Gasteiger partial charge in [-0.15, -0.1) is 0 Å². The number of unbranched alkanes of at least 4 members (excludes halogenated alkanes) is 57. The molecule has 104 heavy (non-hydrogen) atoms. The van der Waals surface area contributed by atoms with Crippen molar-refractivity contribution in [1.29, 1.82) is 0 Å². The summed E-state index contributed by atoms with van der Waals surface area (Å²) in [6, 6.07) is 0. The molecule has 5 atom stereocenters. The number of aliphatic hydroxyl groups is 1. The van der Waals surface area contributed by atoms with Gasteiger partial charge in [-0.1, -0.05) is 407 Å². The van der Waals surface area contributed by atoms with E-state index in [0.29, 0.717) is 25.7 Å². The zero-order valence-corrected chi connectivity index (χ0v) is 70.0. The van der Waals surface area contributed by atoms with Crippen molar-refractivity contribution in [2.45, 2.75) is 477 Å². The molecule has 0 heterocycles. The minimum atomic E-state index is -4.96.